The van der Waals surface area contributed by atoms with Gasteiger partial charge in [-0.1, -0.05) is 30.9 Å². The van der Waals surface area contributed by atoms with Gasteiger partial charge in [0.25, 0.3) is 0 Å². The highest BCUT2D eigenvalue weighted by molar-refractivity contribution is 6.30. The first-order chi connectivity index (χ1) is 14.5. The van der Waals surface area contributed by atoms with Crippen molar-refractivity contribution in [3.63, 3.8) is 0 Å². The number of carbonyl (C=O) groups excluding carboxylic acids is 1. The summed E-state index contributed by atoms with van der Waals surface area (Å²) < 4.78 is 1.74. The zero-order chi connectivity index (χ0) is 21.3. The number of hydrogen-bond acceptors (Lipinski definition) is 4. The average molecular weight is 425 g/mol. The van der Waals surface area contributed by atoms with Crippen LogP contribution in [0.5, 0.6) is 0 Å². The van der Waals surface area contributed by atoms with Gasteiger partial charge in [0.15, 0.2) is 5.78 Å². The van der Waals surface area contributed by atoms with Gasteiger partial charge in [-0.3, -0.25) is 4.79 Å². The summed E-state index contributed by atoms with van der Waals surface area (Å²) in [6.07, 6.45) is 5.98. The summed E-state index contributed by atoms with van der Waals surface area (Å²) in [4.78, 5) is 20.5. The first kappa shape index (κ1) is 20.7. The summed E-state index contributed by atoms with van der Waals surface area (Å²) in [5.41, 5.74) is 3.83. The molecule has 0 saturated heterocycles. The summed E-state index contributed by atoms with van der Waals surface area (Å²) in [6.45, 7) is 5.79. The van der Waals surface area contributed by atoms with Crippen LogP contribution in [-0.4, -0.2) is 28.5 Å². The molecule has 0 amide bonds. The van der Waals surface area contributed by atoms with E-state index in [1.54, 1.807) is 28.9 Å². The molecule has 1 saturated carbocycles. The number of fused-ring (bicyclic) bond motifs is 1. The number of aromatic nitrogens is 2. The van der Waals surface area contributed by atoms with Crippen LogP contribution in [0.25, 0.3) is 11.0 Å². The molecule has 0 radical (unpaired) electrons. The van der Waals surface area contributed by atoms with Gasteiger partial charge in [-0.2, -0.15) is 0 Å². The molecule has 2 N–H and O–H groups in total. The summed E-state index contributed by atoms with van der Waals surface area (Å²) in [5.74, 6) is 7.81. The third kappa shape index (κ3) is 3.79. The fraction of sp³-hybridized carbons (Fsp3) is 0.417. The maximum atomic E-state index is 13.4. The van der Waals surface area contributed by atoms with Crippen LogP contribution in [0.2, 0.25) is 5.02 Å². The molecule has 0 bridgehead atoms. The Balaban J connectivity index is 1.85. The molecule has 0 atom stereocenters. The summed E-state index contributed by atoms with van der Waals surface area (Å²) >= 11 is 6.01. The number of imidazole rings is 1. The minimum absolute atomic E-state index is 0.0266. The largest absolute Gasteiger partial charge is 0.371 e. The van der Waals surface area contributed by atoms with E-state index in [2.05, 4.69) is 18.7 Å². The van der Waals surface area contributed by atoms with Crippen LogP contribution < -0.4 is 10.7 Å². The maximum absolute atomic E-state index is 13.4. The second kappa shape index (κ2) is 8.68. The van der Waals surface area contributed by atoms with Crippen molar-refractivity contribution >= 4 is 34.1 Å². The van der Waals surface area contributed by atoms with Crippen molar-refractivity contribution in [3.05, 3.63) is 58.4 Å². The Morgan fingerprint density at radius 3 is 2.43 bits per heavy atom. The highest BCUT2D eigenvalue weighted by Gasteiger charge is 2.25. The third-order valence-corrected chi connectivity index (χ3v) is 6.51. The van der Waals surface area contributed by atoms with E-state index in [-0.39, 0.29) is 5.78 Å². The predicted molar refractivity (Wildman–Crippen MR) is 124 cm³/mol. The fourth-order valence-corrected chi connectivity index (χ4v) is 4.69. The zero-order valence-corrected chi connectivity index (χ0v) is 18.5. The summed E-state index contributed by atoms with van der Waals surface area (Å²) in [7, 11) is 0. The van der Waals surface area contributed by atoms with Crippen LogP contribution in [0.3, 0.4) is 0 Å². The summed E-state index contributed by atoms with van der Waals surface area (Å²) in [5, 5.41) is 0.616. The lowest BCUT2D eigenvalue weighted by Gasteiger charge is -2.24. The zero-order valence-electron chi connectivity index (χ0n) is 17.7. The van der Waals surface area contributed by atoms with Crippen LogP contribution in [0.4, 0.5) is 5.69 Å². The number of halogens is 1. The van der Waals surface area contributed by atoms with E-state index >= 15 is 0 Å². The van der Waals surface area contributed by atoms with Crippen LogP contribution in [0.1, 0.15) is 73.6 Å². The van der Waals surface area contributed by atoms with Gasteiger partial charge in [-0.05, 0) is 63.1 Å². The molecule has 2 aromatic carbocycles. The van der Waals surface area contributed by atoms with Gasteiger partial charge in [0, 0.05) is 35.2 Å². The van der Waals surface area contributed by atoms with E-state index in [4.69, 9.17) is 22.4 Å². The number of nitrogens with two attached hydrogens (primary N) is 1. The second-order valence-corrected chi connectivity index (χ2v) is 8.48. The molecule has 1 aliphatic rings. The van der Waals surface area contributed by atoms with E-state index in [1.165, 1.54) is 19.3 Å². The van der Waals surface area contributed by atoms with Gasteiger partial charge < -0.3 is 10.7 Å². The highest BCUT2D eigenvalue weighted by Crippen LogP contribution is 2.35. The van der Waals surface area contributed by atoms with E-state index in [1.807, 2.05) is 12.1 Å². The highest BCUT2D eigenvalue weighted by atomic mass is 35.5. The van der Waals surface area contributed by atoms with Crippen LogP contribution in [0, 0.1) is 0 Å². The number of carbonyl (C=O) groups is 1. The van der Waals surface area contributed by atoms with Gasteiger partial charge in [-0.25, -0.2) is 9.66 Å². The Kier molecular flexibility index (Phi) is 6.00. The number of nitrogen functional groups attached to an aromatic ring is 1. The molecular formula is C24H29ClN4O. The molecule has 30 heavy (non-hydrogen) atoms. The monoisotopic (exact) mass is 424 g/mol. The Morgan fingerprint density at radius 2 is 1.80 bits per heavy atom. The van der Waals surface area contributed by atoms with E-state index in [0.717, 1.165) is 48.5 Å². The SMILES string of the molecule is CCN(CC)c1cc2c(cc1C(=O)c1ccc(Cl)cc1)nc(C1CCCCC1)n2N. The van der Waals surface area contributed by atoms with E-state index in [0.29, 0.717) is 22.1 Å². The lowest BCUT2D eigenvalue weighted by atomic mass is 9.89. The smallest absolute Gasteiger partial charge is 0.195 e. The Hall–Kier alpha value is -2.53. The molecule has 1 heterocycles. The molecular weight excluding hydrogens is 396 g/mol. The lowest BCUT2D eigenvalue weighted by molar-refractivity contribution is 0.103. The molecule has 1 aliphatic carbocycles. The molecule has 0 unspecified atom stereocenters. The number of benzene rings is 2. The van der Waals surface area contributed by atoms with Crippen molar-refractivity contribution in [2.24, 2.45) is 0 Å². The van der Waals surface area contributed by atoms with Gasteiger partial charge in [0.2, 0.25) is 0 Å². The van der Waals surface area contributed by atoms with E-state index in [9.17, 15) is 4.79 Å². The van der Waals surface area contributed by atoms with Crippen LogP contribution in [0.15, 0.2) is 36.4 Å². The van der Waals surface area contributed by atoms with Gasteiger partial charge in [-0.15, -0.1) is 0 Å². The molecule has 1 fully saturated rings. The minimum atomic E-state index is -0.0266. The van der Waals surface area contributed by atoms with E-state index < -0.39 is 0 Å². The maximum Gasteiger partial charge on any atom is 0.195 e. The van der Waals surface area contributed by atoms with Crippen LogP contribution >= 0.6 is 11.6 Å². The Labute approximate surface area is 182 Å². The standard InChI is InChI=1S/C24H29ClN4O/c1-3-28(4-2)21-15-22-20(27-24(29(22)26)17-8-6-5-7-9-17)14-19(21)23(30)16-10-12-18(25)13-11-16/h10-15,17H,3-9,26H2,1-2H3. The lowest BCUT2D eigenvalue weighted by Crippen LogP contribution is -2.24. The van der Waals surface area contributed by atoms with Crippen LogP contribution in [-0.2, 0) is 0 Å². The van der Waals surface area contributed by atoms with Crippen molar-refractivity contribution in [1.29, 1.82) is 0 Å². The molecule has 6 heteroatoms. The molecule has 158 valence electrons. The van der Waals surface area contributed by atoms with Gasteiger partial charge in [0.1, 0.15) is 5.82 Å². The Bertz CT molecular complexity index is 1050. The summed E-state index contributed by atoms with van der Waals surface area (Å²) in [6, 6.07) is 11.0. The molecule has 3 aromatic rings. The second-order valence-electron chi connectivity index (χ2n) is 8.04. The van der Waals surface area contributed by atoms with Gasteiger partial charge >= 0.3 is 0 Å². The molecule has 5 nitrogen and oxygen atoms in total. The first-order valence-electron chi connectivity index (χ1n) is 10.9. The van der Waals surface area contributed by atoms with Crippen molar-refractivity contribution in [2.45, 2.75) is 51.9 Å². The normalized spacial score (nSPS) is 14.9. The number of hydrogen-bond donors (Lipinski definition) is 1. The number of anilines is 1. The quantitative estimate of drug-likeness (QED) is 0.417. The molecule has 0 aliphatic heterocycles. The van der Waals surface area contributed by atoms with Gasteiger partial charge in [0.05, 0.1) is 16.7 Å². The third-order valence-electron chi connectivity index (χ3n) is 6.26. The average Bonchev–Trinajstić information content (AvgIpc) is 3.10. The fourth-order valence-electron chi connectivity index (χ4n) is 4.56. The number of ketones is 1. The topological polar surface area (TPSA) is 64.2 Å². The predicted octanol–water partition coefficient (Wildman–Crippen LogP) is 5.53. The minimum Gasteiger partial charge on any atom is -0.371 e. The van der Waals surface area contributed by atoms with Crippen molar-refractivity contribution in [1.82, 2.24) is 9.66 Å². The van der Waals surface area contributed by atoms with Crippen molar-refractivity contribution in [3.8, 4) is 0 Å². The van der Waals surface area contributed by atoms with Crippen molar-refractivity contribution < 1.29 is 4.79 Å². The first-order valence-corrected chi connectivity index (χ1v) is 11.3. The number of nitrogens with zero attached hydrogens (tertiary/aromatic N) is 3. The molecule has 4 rings (SSSR count). The Morgan fingerprint density at radius 1 is 1.13 bits per heavy atom. The molecule has 1 aromatic heterocycles. The van der Waals surface area contributed by atoms with Crippen molar-refractivity contribution in [2.75, 3.05) is 23.8 Å². The number of rotatable bonds is 6. The molecule has 0 spiro atoms.